The Bertz CT molecular complexity index is 555. The Balaban J connectivity index is 2.49. The highest BCUT2D eigenvalue weighted by Crippen LogP contribution is 2.24. The Morgan fingerprint density at radius 3 is 2.65 bits per heavy atom. The van der Waals surface area contributed by atoms with Crippen LogP contribution in [0.2, 0.25) is 0 Å². The van der Waals surface area contributed by atoms with Gasteiger partial charge in [-0.15, -0.1) is 0 Å². The topological polar surface area (TPSA) is 126 Å². The molecule has 0 spiro atoms. The van der Waals surface area contributed by atoms with Gasteiger partial charge < -0.3 is 16.4 Å². The minimum Gasteiger partial charge on any atom is -0.382 e. The zero-order valence-electron chi connectivity index (χ0n) is 11.4. The van der Waals surface area contributed by atoms with E-state index in [1.165, 1.54) is 11.3 Å². The normalized spacial score (nSPS) is 11.3. The minimum absolute atomic E-state index is 0.129. The third-order valence-electron chi connectivity index (χ3n) is 2.16. The molecule has 0 unspecified atom stereocenters. The highest BCUT2D eigenvalue weighted by atomic mass is 32.2. The van der Waals surface area contributed by atoms with Gasteiger partial charge in [0, 0.05) is 19.6 Å². The number of sulfonamides is 1. The summed E-state index contributed by atoms with van der Waals surface area (Å²) in [5, 5.41) is 6.23. The van der Waals surface area contributed by atoms with Crippen molar-refractivity contribution in [2.24, 2.45) is 0 Å². The van der Waals surface area contributed by atoms with Crippen molar-refractivity contribution in [1.29, 1.82) is 0 Å². The summed E-state index contributed by atoms with van der Waals surface area (Å²) in [7, 11) is -3.25. The third kappa shape index (κ3) is 5.72. The fourth-order valence-corrected chi connectivity index (χ4v) is 2.59. The number of carbonyl (C=O) groups excluding carboxylic acids is 1. The van der Waals surface area contributed by atoms with Crippen LogP contribution in [0.5, 0.6) is 0 Å². The molecule has 1 aromatic heterocycles. The lowest BCUT2D eigenvalue weighted by molar-refractivity contribution is 0.0959. The fraction of sp³-hybridized carbons (Fsp3) is 0.600. The summed E-state index contributed by atoms with van der Waals surface area (Å²) in [6, 6.07) is 0. The van der Waals surface area contributed by atoms with E-state index in [0.29, 0.717) is 10.0 Å². The molecule has 1 rings (SSSR count). The zero-order chi connectivity index (χ0) is 15.2. The second kappa shape index (κ2) is 7.41. The Hall–Kier alpha value is -1.39. The number of nitrogens with one attached hydrogen (secondary N) is 3. The molecule has 0 aliphatic carbocycles. The van der Waals surface area contributed by atoms with E-state index in [4.69, 9.17) is 5.73 Å². The van der Waals surface area contributed by atoms with Gasteiger partial charge >= 0.3 is 0 Å². The SMILES string of the molecule is CCCNc1nc(N)c(C(=O)NCCNS(C)(=O)=O)s1. The molecule has 8 nitrogen and oxygen atoms in total. The maximum atomic E-state index is 11.9. The molecule has 0 saturated carbocycles. The van der Waals surface area contributed by atoms with Crippen LogP contribution >= 0.6 is 11.3 Å². The molecule has 0 bridgehead atoms. The first-order chi connectivity index (χ1) is 9.33. The van der Waals surface area contributed by atoms with Crippen LogP contribution in [0.3, 0.4) is 0 Å². The number of anilines is 2. The largest absolute Gasteiger partial charge is 0.382 e. The van der Waals surface area contributed by atoms with Gasteiger partial charge in [-0.25, -0.2) is 18.1 Å². The van der Waals surface area contributed by atoms with Crippen molar-refractivity contribution in [3.63, 3.8) is 0 Å². The molecule has 20 heavy (non-hydrogen) atoms. The van der Waals surface area contributed by atoms with Crippen molar-refractivity contribution < 1.29 is 13.2 Å². The molecule has 0 saturated heterocycles. The molecule has 10 heteroatoms. The molecular weight excluding hydrogens is 302 g/mol. The van der Waals surface area contributed by atoms with Crippen molar-refractivity contribution in [3.05, 3.63) is 4.88 Å². The van der Waals surface area contributed by atoms with E-state index in [1.807, 2.05) is 6.92 Å². The first-order valence-corrected chi connectivity index (χ1v) is 8.77. The van der Waals surface area contributed by atoms with Crippen molar-refractivity contribution in [3.8, 4) is 0 Å². The second-order valence-corrected chi connectivity index (χ2v) is 6.91. The number of nitrogens with two attached hydrogens (primary N) is 1. The van der Waals surface area contributed by atoms with Gasteiger partial charge in [0.25, 0.3) is 5.91 Å². The Kier molecular flexibility index (Phi) is 6.17. The van der Waals surface area contributed by atoms with Crippen LogP contribution in [-0.2, 0) is 10.0 Å². The molecule has 0 atom stereocenters. The molecule has 0 fully saturated rings. The Morgan fingerprint density at radius 1 is 1.35 bits per heavy atom. The Labute approximate surface area is 122 Å². The smallest absolute Gasteiger partial charge is 0.265 e. The van der Waals surface area contributed by atoms with Crippen molar-refractivity contribution in [2.45, 2.75) is 13.3 Å². The number of nitrogens with zero attached hydrogens (tertiary/aromatic N) is 1. The number of thiazole rings is 1. The van der Waals surface area contributed by atoms with E-state index in [2.05, 4.69) is 20.3 Å². The van der Waals surface area contributed by atoms with E-state index in [0.717, 1.165) is 19.2 Å². The van der Waals surface area contributed by atoms with Gasteiger partial charge in [-0.1, -0.05) is 18.3 Å². The van der Waals surface area contributed by atoms with Gasteiger partial charge in [0.15, 0.2) is 5.13 Å². The summed E-state index contributed by atoms with van der Waals surface area (Å²) in [5.41, 5.74) is 5.67. The van der Waals surface area contributed by atoms with Gasteiger partial charge in [-0.2, -0.15) is 0 Å². The molecule has 1 aromatic rings. The summed E-state index contributed by atoms with van der Waals surface area (Å²) in [4.78, 5) is 16.2. The van der Waals surface area contributed by atoms with Crippen LogP contribution < -0.4 is 21.1 Å². The van der Waals surface area contributed by atoms with Gasteiger partial charge in [-0.05, 0) is 6.42 Å². The number of hydrogen-bond acceptors (Lipinski definition) is 7. The van der Waals surface area contributed by atoms with Crippen molar-refractivity contribution in [2.75, 3.05) is 36.9 Å². The van der Waals surface area contributed by atoms with E-state index >= 15 is 0 Å². The average Bonchev–Trinajstić information content (AvgIpc) is 2.72. The molecule has 0 aromatic carbocycles. The highest BCUT2D eigenvalue weighted by Gasteiger charge is 2.15. The second-order valence-electron chi connectivity index (χ2n) is 4.08. The lowest BCUT2D eigenvalue weighted by Gasteiger charge is -2.04. The maximum absolute atomic E-state index is 11.9. The van der Waals surface area contributed by atoms with Crippen molar-refractivity contribution in [1.82, 2.24) is 15.0 Å². The van der Waals surface area contributed by atoms with Crippen LogP contribution in [0, 0.1) is 0 Å². The first kappa shape index (κ1) is 16.7. The summed E-state index contributed by atoms with van der Waals surface area (Å²) < 4.78 is 24.0. The van der Waals surface area contributed by atoms with Crippen LogP contribution in [-0.4, -0.2) is 45.2 Å². The van der Waals surface area contributed by atoms with Crippen molar-refractivity contribution >= 4 is 38.2 Å². The lowest BCUT2D eigenvalue weighted by atomic mass is 10.4. The van der Waals surface area contributed by atoms with Crippen LogP contribution in [0.25, 0.3) is 0 Å². The molecular formula is C10H19N5O3S2. The number of rotatable bonds is 8. The molecule has 0 radical (unpaired) electrons. The summed E-state index contributed by atoms with van der Waals surface area (Å²) >= 11 is 1.17. The van der Waals surface area contributed by atoms with E-state index in [1.54, 1.807) is 0 Å². The van der Waals surface area contributed by atoms with Crippen LogP contribution in [0.15, 0.2) is 0 Å². The quantitative estimate of drug-likeness (QED) is 0.492. The fourth-order valence-electron chi connectivity index (χ4n) is 1.29. The van der Waals surface area contributed by atoms with Crippen LogP contribution in [0.1, 0.15) is 23.0 Å². The minimum atomic E-state index is -3.25. The highest BCUT2D eigenvalue weighted by molar-refractivity contribution is 7.88. The summed E-state index contributed by atoms with van der Waals surface area (Å²) in [6.07, 6.45) is 2.00. The van der Waals surface area contributed by atoms with Gasteiger partial charge in [0.1, 0.15) is 10.7 Å². The molecule has 5 N–H and O–H groups in total. The van der Waals surface area contributed by atoms with Gasteiger partial charge in [-0.3, -0.25) is 4.79 Å². The molecule has 0 aliphatic rings. The standard InChI is InChI=1S/C10H19N5O3S2/c1-3-4-13-10-15-8(11)7(19-10)9(16)12-5-6-14-20(2,17)18/h14H,3-6,11H2,1-2H3,(H,12,16)(H,13,15). The molecule has 0 aliphatic heterocycles. The molecule has 1 amide bonds. The number of hydrogen-bond donors (Lipinski definition) is 4. The summed E-state index contributed by atoms with van der Waals surface area (Å²) in [5.74, 6) is -0.193. The number of amides is 1. The monoisotopic (exact) mass is 321 g/mol. The van der Waals surface area contributed by atoms with Gasteiger partial charge in [0.05, 0.1) is 6.26 Å². The van der Waals surface area contributed by atoms with Crippen LogP contribution in [0.4, 0.5) is 10.9 Å². The molecule has 1 heterocycles. The first-order valence-electron chi connectivity index (χ1n) is 6.06. The lowest BCUT2D eigenvalue weighted by Crippen LogP contribution is -2.34. The Morgan fingerprint density at radius 2 is 2.05 bits per heavy atom. The number of aromatic nitrogens is 1. The predicted octanol–water partition coefficient (Wildman–Crippen LogP) is -0.174. The number of nitrogen functional groups attached to an aromatic ring is 1. The van der Waals surface area contributed by atoms with E-state index in [-0.39, 0.29) is 24.8 Å². The number of carbonyl (C=O) groups is 1. The van der Waals surface area contributed by atoms with E-state index in [9.17, 15) is 13.2 Å². The maximum Gasteiger partial charge on any atom is 0.265 e. The van der Waals surface area contributed by atoms with Gasteiger partial charge in [0.2, 0.25) is 10.0 Å². The van der Waals surface area contributed by atoms with E-state index < -0.39 is 10.0 Å². The third-order valence-corrected chi connectivity index (χ3v) is 3.92. The zero-order valence-corrected chi connectivity index (χ0v) is 13.0. The predicted molar refractivity (Wildman–Crippen MR) is 80.5 cm³/mol. The molecule has 114 valence electrons. The summed E-state index contributed by atoms with van der Waals surface area (Å²) in [6.45, 7) is 3.09. The average molecular weight is 321 g/mol.